The summed E-state index contributed by atoms with van der Waals surface area (Å²) in [5, 5.41) is 8.59. The summed E-state index contributed by atoms with van der Waals surface area (Å²) in [5.74, 6) is -0.767. The van der Waals surface area contributed by atoms with Gasteiger partial charge >= 0.3 is 5.97 Å². The number of hydrogen-bond donors (Lipinski definition) is 1. The van der Waals surface area contributed by atoms with Gasteiger partial charge in [0.2, 0.25) is 0 Å². The molecule has 0 atom stereocenters. The lowest BCUT2D eigenvalue weighted by atomic mass is 10.2. The molecule has 0 spiro atoms. The SMILES string of the molecule is Cc1cc(Br)ccc1N(C)CCC(=O)O. The minimum Gasteiger partial charge on any atom is -0.481 e. The van der Waals surface area contributed by atoms with E-state index < -0.39 is 5.97 Å². The average molecular weight is 272 g/mol. The van der Waals surface area contributed by atoms with Crippen molar-refractivity contribution in [3.05, 3.63) is 28.2 Å². The van der Waals surface area contributed by atoms with Crippen molar-refractivity contribution >= 4 is 27.6 Å². The first-order valence-electron chi connectivity index (χ1n) is 4.70. The minimum absolute atomic E-state index is 0.159. The molecule has 0 fully saturated rings. The Morgan fingerprint density at radius 3 is 2.73 bits per heavy atom. The van der Waals surface area contributed by atoms with Crippen molar-refractivity contribution in [1.82, 2.24) is 0 Å². The maximum absolute atomic E-state index is 10.4. The van der Waals surface area contributed by atoms with Crippen LogP contribution in [0.1, 0.15) is 12.0 Å². The second-order valence-corrected chi connectivity index (χ2v) is 4.41. The Hall–Kier alpha value is -1.03. The summed E-state index contributed by atoms with van der Waals surface area (Å²) in [5.41, 5.74) is 2.21. The van der Waals surface area contributed by atoms with Gasteiger partial charge in [-0.25, -0.2) is 0 Å². The summed E-state index contributed by atoms with van der Waals surface area (Å²) in [4.78, 5) is 12.4. The first-order valence-corrected chi connectivity index (χ1v) is 5.49. The van der Waals surface area contributed by atoms with E-state index in [0.29, 0.717) is 6.54 Å². The molecule has 3 nitrogen and oxygen atoms in total. The monoisotopic (exact) mass is 271 g/mol. The molecule has 0 aliphatic rings. The highest BCUT2D eigenvalue weighted by molar-refractivity contribution is 9.10. The predicted molar refractivity (Wildman–Crippen MR) is 64.4 cm³/mol. The molecule has 0 aliphatic carbocycles. The maximum atomic E-state index is 10.4. The number of aryl methyl sites for hydroxylation is 1. The predicted octanol–water partition coefficient (Wildman–Crippen LogP) is 2.67. The fourth-order valence-corrected chi connectivity index (χ4v) is 1.91. The Morgan fingerprint density at radius 1 is 1.53 bits per heavy atom. The molecule has 82 valence electrons. The second-order valence-electron chi connectivity index (χ2n) is 3.50. The van der Waals surface area contributed by atoms with Gasteiger partial charge in [-0.05, 0) is 30.7 Å². The van der Waals surface area contributed by atoms with Gasteiger partial charge in [-0.3, -0.25) is 4.79 Å². The lowest BCUT2D eigenvalue weighted by molar-refractivity contribution is -0.136. The molecular weight excluding hydrogens is 258 g/mol. The highest BCUT2D eigenvalue weighted by Crippen LogP contribution is 2.22. The molecule has 0 heterocycles. The Kier molecular flexibility index (Phi) is 4.15. The summed E-state index contributed by atoms with van der Waals surface area (Å²) >= 11 is 3.39. The number of hydrogen-bond acceptors (Lipinski definition) is 2. The fourth-order valence-electron chi connectivity index (χ4n) is 1.43. The van der Waals surface area contributed by atoms with Crippen molar-refractivity contribution in [2.24, 2.45) is 0 Å². The number of carboxylic acids is 1. The van der Waals surface area contributed by atoms with Crippen molar-refractivity contribution in [2.45, 2.75) is 13.3 Å². The van der Waals surface area contributed by atoms with Crippen LogP contribution in [0.5, 0.6) is 0 Å². The summed E-state index contributed by atoms with van der Waals surface area (Å²) in [6.07, 6.45) is 0.159. The fraction of sp³-hybridized carbons (Fsp3) is 0.364. The van der Waals surface area contributed by atoms with Crippen molar-refractivity contribution in [1.29, 1.82) is 0 Å². The molecule has 0 unspecified atom stereocenters. The number of carboxylic acid groups (broad SMARTS) is 1. The summed E-state index contributed by atoms with van der Waals surface area (Å²) in [6, 6.07) is 5.97. The lowest BCUT2D eigenvalue weighted by Crippen LogP contribution is -2.21. The topological polar surface area (TPSA) is 40.5 Å². The van der Waals surface area contributed by atoms with Crippen LogP contribution in [0.25, 0.3) is 0 Å². The molecule has 4 heteroatoms. The summed E-state index contributed by atoms with van der Waals surface area (Å²) < 4.78 is 1.04. The van der Waals surface area contributed by atoms with Gasteiger partial charge in [0.05, 0.1) is 6.42 Å². The van der Waals surface area contributed by atoms with E-state index in [2.05, 4.69) is 15.9 Å². The first-order chi connectivity index (χ1) is 7.00. The number of halogens is 1. The van der Waals surface area contributed by atoms with E-state index in [1.54, 1.807) is 0 Å². The van der Waals surface area contributed by atoms with Crippen LogP contribution in [0.15, 0.2) is 22.7 Å². The molecule has 0 amide bonds. The van der Waals surface area contributed by atoms with Crippen LogP contribution in [0.3, 0.4) is 0 Å². The van der Waals surface area contributed by atoms with E-state index in [9.17, 15) is 4.79 Å². The van der Waals surface area contributed by atoms with Gasteiger partial charge in [-0.1, -0.05) is 15.9 Å². The van der Waals surface area contributed by atoms with Gasteiger partial charge in [-0.15, -0.1) is 0 Å². The number of carbonyl (C=O) groups is 1. The number of benzene rings is 1. The molecule has 1 aromatic carbocycles. The smallest absolute Gasteiger partial charge is 0.305 e. The van der Waals surface area contributed by atoms with Crippen molar-refractivity contribution < 1.29 is 9.90 Å². The molecule has 0 bridgehead atoms. The van der Waals surface area contributed by atoms with E-state index in [4.69, 9.17) is 5.11 Å². The van der Waals surface area contributed by atoms with E-state index >= 15 is 0 Å². The van der Waals surface area contributed by atoms with E-state index in [0.717, 1.165) is 15.7 Å². The minimum atomic E-state index is -0.767. The summed E-state index contributed by atoms with van der Waals surface area (Å²) in [7, 11) is 1.90. The van der Waals surface area contributed by atoms with E-state index in [1.165, 1.54) is 0 Å². The van der Waals surface area contributed by atoms with Gasteiger partial charge in [0.25, 0.3) is 0 Å². The summed E-state index contributed by atoms with van der Waals surface area (Å²) in [6.45, 7) is 2.54. The van der Waals surface area contributed by atoms with Gasteiger partial charge in [-0.2, -0.15) is 0 Å². The third-order valence-corrected chi connectivity index (χ3v) is 2.72. The van der Waals surface area contributed by atoms with Gasteiger partial charge in [0, 0.05) is 23.8 Å². The lowest BCUT2D eigenvalue weighted by Gasteiger charge is -2.20. The quantitative estimate of drug-likeness (QED) is 0.916. The molecular formula is C11H14BrNO2. The van der Waals surface area contributed by atoms with Crippen LogP contribution >= 0.6 is 15.9 Å². The van der Waals surface area contributed by atoms with E-state index in [1.807, 2.05) is 37.1 Å². The third-order valence-electron chi connectivity index (χ3n) is 2.23. The number of aliphatic carboxylic acids is 1. The molecule has 1 N–H and O–H groups in total. The van der Waals surface area contributed by atoms with Gasteiger partial charge in [0.1, 0.15) is 0 Å². The first kappa shape index (κ1) is 12.0. The molecule has 0 aliphatic heterocycles. The van der Waals surface area contributed by atoms with Crippen LogP contribution in [0.4, 0.5) is 5.69 Å². The Balaban J connectivity index is 2.73. The second kappa shape index (κ2) is 5.16. The van der Waals surface area contributed by atoms with Crippen LogP contribution < -0.4 is 4.90 Å². The number of anilines is 1. The van der Waals surface area contributed by atoms with Gasteiger partial charge < -0.3 is 10.0 Å². The van der Waals surface area contributed by atoms with Gasteiger partial charge in [0.15, 0.2) is 0 Å². The Morgan fingerprint density at radius 2 is 2.20 bits per heavy atom. The Bertz CT molecular complexity index is 366. The highest BCUT2D eigenvalue weighted by Gasteiger charge is 2.06. The molecule has 0 saturated carbocycles. The van der Waals surface area contributed by atoms with E-state index in [-0.39, 0.29) is 6.42 Å². The van der Waals surface area contributed by atoms with Crippen molar-refractivity contribution in [2.75, 3.05) is 18.5 Å². The average Bonchev–Trinajstić information content (AvgIpc) is 2.14. The molecule has 0 aromatic heterocycles. The number of rotatable bonds is 4. The Labute approximate surface area is 97.8 Å². The third kappa shape index (κ3) is 3.55. The normalized spacial score (nSPS) is 10.1. The molecule has 0 radical (unpaired) electrons. The van der Waals surface area contributed by atoms with Crippen LogP contribution in [0, 0.1) is 6.92 Å². The van der Waals surface area contributed by atoms with Crippen molar-refractivity contribution in [3.63, 3.8) is 0 Å². The highest BCUT2D eigenvalue weighted by atomic mass is 79.9. The van der Waals surface area contributed by atoms with Crippen LogP contribution in [-0.4, -0.2) is 24.7 Å². The largest absolute Gasteiger partial charge is 0.481 e. The molecule has 0 saturated heterocycles. The van der Waals surface area contributed by atoms with Crippen molar-refractivity contribution in [3.8, 4) is 0 Å². The molecule has 15 heavy (non-hydrogen) atoms. The zero-order chi connectivity index (χ0) is 11.4. The zero-order valence-corrected chi connectivity index (χ0v) is 10.4. The molecule has 1 rings (SSSR count). The maximum Gasteiger partial charge on any atom is 0.305 e. The number of nitrogens with zero attached hydrogens (tertiary/aromatic N) is 1. The van der Waals surface area contributed by atoms with Crippen LogP contribution in [-0.2, 0) is 4.79 Å². The molecule has 1 aromatic rings. The standard InChI is InChI=1S/C11H14BrNO2/c1-8-7-9(12)3-4-10(8)13(2)6-5-11(14)15/h3-4,7H,5-6H2,1-2H3,(H,14,15). The zero-order valence-electron chi connectivity index (χ0n) is 8.83. The van der Waals surface area contributed by atoms with Crippen LogP contribution in [0.2, 0.25) is 0 Å².